The Balaban J connectivity index is 2.33. The standard InChI is InChI=1S/C14H14N2O5S/c1-20-13-8-10(5-6-12(13)14(17)21-2)16-22(18,19)11-4-3-7-15-9-11/h3-9,16H,1-2H3. The molecule has 7 nitrogen and oxygen atoms in total. The highest BCUT2D eigenvalue weighted by Crippen LogP contribution is 2.25. The minimum Gasteiger partial charge on any atom is -0.496 e. The van der Waals surface area contributed by atoms with Gasteiger partial charge in [-0.15, -0.1) is 0 Å². The van der Waals surface area contributed by atoms with E-state index >= 15 is 0 Å². The topological polar surface area (TPSA) is 94.6 Å². The molecule has 2 aromatic rings. The molecule has 1 N–H and O–H groups in total. The molecular weight excluding hydrogens is 308 g/mol. The summed E-state index contributed by atoms with van der Waals surface area (Å²) in [5.74, 6) is -0.364. The number of esters is 1. The summed E-state index contributed by atoms with van der Waals surface area (Å²) in [6.45, 7) is 0. The Kier molecular flexibility index (Phi) is 4.62. The summed E-state index contributed by atoms with van der Waals surface area (Å²) >= 11 is 0. The lowest BCUT2D eigenvalue weighted by atomic mass is 10.2. The summed E-state index contributed by atoms with van der Waals surface area (Å²) in [5.41, 5.74) is 0.461. The third-order valence-electron chi connectivity index (χ3n) is 2.80. The second-order valence-corrected chi connectivity index (χ2v) is 5.88. The lowest BCUT2D eigenvalue weighted by Crippen LogP contribution is -2.13. The summed E-state index contributed by atoms with van der Waals surface area (Å²) in [6, 6.07) is 7.22. The number of aromatic nitrogens is 1. The Bertz CT molecular complexity index is 775. The molecule has 0 bridgehead atoms. The molecule has 0 unspecified atom stereocenters. The van der Waals surface area contributed by atoms with Gasteiger partial charge in [-0.2, -0.15) is 0 Å². The number of nitrogens with one attached hydrogen (secondary N) is 1. The first kappa shape index (κ1) is 15.8. The number of methoxy groups -OCH3 is 2. The van der Waals surface area contributed by atoms with Gasteiger partial charge in [0.2, 0.25) is 0 Å². The van der Waals surface area contributed by atoms with Crippen LogP contribution in [0, 0.1) is 0 Å². The van der Waals surface area contributed by atoms with Crippen molar-refractivity contribution in [2.45, 2.75) is 4.90 Å². The highest BCUT2D eigenvalue weighted by Gasteiger charge is 2.17. The van der Waals surface area contributed by atoms with Gasteiger partial charge >= 0.3 is 5.97 Å². The Hall–Kier alpha value is -2.61. The summed E-state index contributed by atoms with van der Waals surface area (Å²) in [5, 5.41) is 0. The maximum absolute atomic E-state index is 12.2. The number of hydrogen-bond acceptors (Lipinski definition) is 6. The summed E-state index contributed by atoms with van der Waals surface area (Å²) in [7, 11) is -1.13. The first-order chi connectivity index (χ1) is 10.5. The monoisotopic (exact) mass is 322 g/mol. The smallest absolute Gasteiger partial charge is 0.341 e. The Morgan fingerprint density at radius 3 is 2.59 bits per heavy atom. The summed E-state index contributed by atoms with van der Waals surface area (Å²) in [6.07, 6.45) is 2.72. The molecule has 0 saturated heterocycles. The number of hydrogen-bond donors (Lipinski definition) is 1. The van der Waals surface area contributed by atoms with E-state index in [0.717, 1.165) is 0 Å². The Labute approximate surface area is 128 Å². The van der Waals surface area contributed by atoms with Crippen LogP contribution < -0.4 is 9.46 Å². The number of nitrogens with zero attached hydrogens (tertiary/aromatic N) is 1. The molecule has 1 aromatic carbocycles. The summed E-state index contributed by atoms with van der Waals surface area (Å²) < 4.78 is 36.5. The maximum Gasteiger partial charge on any atom is 0.341 e. The normalized spacial score (nSPS) is 10.8. The van der Waals surface area contributed by atoms with Crippen LogP contribution in [-0.4, -0.2) is 33.6 Å². The Morgan fingerprint density at radius 1 is 1.23 bits per heavy atom. The molecule has 116 valence electrons. The van der Waals surface area contributed by atoms with E-state index < -0.39 is 16.0 Å². The van der Waals surface area contributed by atoms with Gasteiger partial charge in [-0.25, -0.2) is 13.2 Å². The molecule has 0 spiro atoms. The first-order valence-corrected chi connectivity index (χ1v) is 7.65. The highest BCUT2D eigenvalue weighted by atomic mass is 32.2. The van der Waals surface area contributed by atoms with Crippen molar-refractivity contribution in [2.24, 2.45) is 0 Å². The number of benzene rings is 1. The Morgan fingerprint density at radius 2 is 2.00 bits per heavy atom. The van der Waals surface area contributed by atoms with Crippen molar-refractivity contribution in [1.29, 1.82) is 0 Å². The quantitative estimate of drug-likeness (QED) is 0.842. The van der Waals surface area contributed by atoms with E-state index in [9.17, 15) is 13.2 Å². The molecule has 1 heterocycles. The van der Waals surface area contributed by atoms with Crippen molar-refractivity contribution in [2.75, 3.05) is 18.9 Å². The third kappa shape index (κ3) is 3.34. The van der Waals surface area contributed by atoms with E-state index in [-0.39, 0.29) is 21.9 Å². The van der Waals surface area contributed by atoms with Gasteiger partial charge in [0.1, 0.15) is 16.2 Å². The van der Waals surface area contributed by atoms with E-state index in [1.54, 1.807) is 0 Å². The van der Waals surface area contributed by atoms with Gasteiger partial charge in [0.15, 0.2) is 0 Å². The van der Waals surface area contributed by atoms with Gasteiger partial charge in [-0.3, -0.25) is 9.71 Å². The number of anilines is 1. The van der Waals surface area contributed by atoms with Crippen LogP contribution in [0.3, 0.4) is 0 Å². The van der Waals surface area contributed by atoms with Crippen molar-refractivity contribution < 1.29 is 22.7 Å². The van der Waals surface area contributed by atoms with E-state index in [1.165, 1.54) is 56.9 Å². The summed E-state index contributed by atoms with van der Waals surface area (Å²) in [4.78, 5) is 15.4. The molecule has 0 aliphatic rings. The maximum atomic E-state index is 12.2. The van der Waals surface area contributed by atoms with Crippen molar-refractivity contribution in [3.8, 4) is 5.75 Å². The molecule has 0 aliphatic carbocycles. The molecule has 0 fully saturated rings. The zero-order valence-electron chi connectivity index (χ0n) is 11.9. The van der Waals surface area contributed by atoms with Crippen LogP contribution in [0.4, 0.5) is 5.69 Å². The zero-order valence-corrected chi connectivity index (χ0v) is 12.8. The van der Waals surface area contributed by atoms with E-state index in [4.69, 9.17) is 4.74 Å². The number of sulfonamides is 1. The number of carbonyl (C=O) groups is 1. The van der Waals surface area contributed by atoms with E-state index in [0.29, 0.717) is 0 Å². The molecule has 0 radical (unpaired) electrons. The molecule has 0 aliphatic heterocycles. The van der Waals surface area contributed by atoms with Gasteiger partial charge in [-0.05, 0) is 24.3 Å². The van der Waals surface area contributed by atoms with Gasteiger partial charge in [0.05, 0.1) is 19.9 Å². The average molecular weight is 322 g/mol. The van der Waals surface area contributed by atoms with Gasteiger partial charge in [0, 0.05) is 18.5 Å². The number of ether oxygens (including phenoxy) is 2. The van der Waals surface area contributed by atoms with Crippen molar-refractivity contribution in [3.05, 3.63) is 48.3 Å². The SMILES string of the molecule is COC(=O)c1ccc(NS(=O)(=O)c2cccnc2)cc1OC. The van der Waals surface area contributed by atoms with Crippen LogP contribution in [0.15, 0.2) is 47.6 Å². The van der Waals surface area contributed by atoms with Crippen LogP contribution in [-0.2, 0) is 14.8 Å². The van der Waals surface area contributed by atoms with Crippen LogP contribution in [0.1, 0.15) is 10.4 Å². The van der Waals surface area contributed by atoms with E-state index in [2.05, 4.69) is 14.4 Å². The lowest BCUT2D eigenvalue weighted by Gasteiger charge is -2.11. The molecule has 0 amide bonds. The predicted molar refractivity (Wildman–Crippen MR) is 79.4 cm³/mol. The largest absolute Gasteiger partial charge is 0.496 e. The van der Waals surface area contributed by atoms with E-state index in [1.807, 2.05) is 0 Å². The fourth-order valence-electron chi connectivity index (χ4n) is 1.75. The molecule has 1 aromatic heterocycles. The van der Waals surface area contributed by atoms with Crippen molar-refractivity contribution in [1.82, 2.24) is 4.98 Å². The zero-order chi connectivity index (χ0) is 16.2. The number of rotatable bonds is 5. The molecule has 0 saturated carbocycles. The number of pyridine rings is 1. The molecule has 0 atom stereocenters. The first-order valence-electron chi connectivity index (χ1n) is 6.17. The van der Waals surface area contributed by atoms with Crippen LogP contribution in [0.2, 0.25) is 0 Å². The van der Waals surface area contributed by atoms with Gasteiger partial charge < -0.3 is 9.47 Å². The average Bonchev–Trinajstić information content (AvgIpc) is 2.54. The molecule has 8 heteroatoms. The minimum absolute atomic E-state index is 0.0333. The fraction of sp³-hybridized carbons (Fsp3) is 0.143. The van der Waals surface area contributed by atoms with Crippen LogP contribution >= 0.6 is 0 Å². The molecule has 22 heavy (non-hydrogen) atoms. The van der Waals surface area contributed by atoms with Crippen molar-refractivity contribution >= 4 is 21.7 Å². The van der Waals surface area contributed by atoms with Gasteiger partial charge in [-0.1, -0.05) is 0 Å². The second-order valence-electron chi connectivity index (χ2n) is 4.20. The highest BCUT2D eigenvalue weighted by molar-refractivity contribution is 7.92. The van der Waals surface area contributed by atoms with Gasteiger partial charge in [0.25, 0.3) is 10.0 Å². The van der Waals surface area contributed by atoms with Crippen LogP contribution in [0.25, 0.3) is 0 Å². The lowest BCUT2D eigenvalue weighted by molar-refractivity contribution is 0.0597. The van der Waals surface area contributed by atoms with Crippen LogP contribution in [0.5, 0.6) is 5.75 Å². The second kappa shape index (κ2) is 6.44. The number of carbonyl (C=O) groups excluding carboxylic acids is 1. The molecular formula is C14H14N2O5S. The third-order valence-corrected chi connectivity index (χ3v) is 4.17. The minimum atomic E-state index is -3.76. The predicted octanol–water partition coefficient (Wildman–Crippen LogP) is 1.68. The fourth-order valence-corrected chi connectivity index (χ4v) is 2.77. The van der Waals surface area contributed by atoms with Crippen molar-refractivity contribution in [3.63, 3.8) is 0 Å². The molecule has 2 rings (SSSR count).